The molecule has 0 atom stereocenters. The summed E-state index contributed by atoms with van der Waals surface area (Å²) in [5.41, 5.74) is 0. The van der Waals surface area contributed by atoms with Gasteiger partial charge in [0.05, 0.1) is 0 Å². The van der Waals surface area contributed by atoms with Gasteiger partial charge in [-0.1, -0.05) is 18.2 Å². The highest BCUT2D eigenvalue weighted by molar-refractivity contribution is 5.91. The van der Waals surface area contributed by atoms with Crippen LogP contribution >= 0.6 is 0 Å². The van der Waals surface area contributed by atoms with Crippen molar-refractivity contribution in [2.24, 2.45) is 0 Å². The predicted molar refractivity (Wildman–Crippen MR) is 83.2 cm³/mol. The number of hydrogen-bond acceptors (Lipinski definition) is 4. The van der Waals surface area contributed by atoms with Crippen molar-refractivity contribution in [2.45, 2.75) is 18.9 Å². The van der Waals surface area contributed by atoms with E-state index in [2.05, 4.69) is 5.32 Å². The normalized spacial score (nSPS) is 15.5. The molecule has 0 bridgehead atoms. The van der Waals surface area contributed by atoms with E-state index in [1.165, 1.54) is 0 Å². The van der Waals surface area contributed by atoms with Crippen LogP contribution in [-0.4, -0.2) is 37.0 Å². The maximum absolute atomic E-state index is 12.5. The molecule has 1 aromatic carbocycles. The summed E-state index contributed by atoms with van der Waals surface area (Å²) >= 11 is 0. The topological polar surface area (TPSA) is 54.7 Å². The summed E-state index contributed by atoms with van der Waals surface area (Å²) in [5.74, 6) is 1.22. The van der Waals surface area contributed by atoms with E-state index in [9.17, 15) is 4.79 Å². The highest BCUT2D eigenvalue weighted by Crippen LogP contribution is 2.24. The molecule has 1 saturated heterocycles. The van der Waals surface area contributed by atoms with Gasteiger partial charge in [-0.05, 0) is 44.1 Å². The van der Waals surface area contributed by atoms with E-state index in [1.54, 1.807) is 17.0 Å². The number of amides is 1. The molecule has 1 aromatic heterocycles. The molecule has 0 aliphatic carbocycles. The maximum atomic E-state index is 12.5. The molecule has 0 radical (unpaired) electrons. The Morgan fingerprint density at radius 3 is 2.64 bits per heavy atom. The first-order valence-corrected chi connectivity index (χ1v) is 7.54. The molecular weight excluding hydrogens is 280 g/mol. The van der Waals surface area contributed by atoms with Crippen molar-refractivity contribution in [1.29, 1.82) is 0 Å². The van der Waals surface area contributed by atoms with E-state index >= 15 is 0 Å². The van der Waals surface area contributed by atoms with Crippen molar-refractivity contribution in [3.8, 4) is 11.7 Å². The third kappa shape index (κ3) is 3.31. The molecule has 2 heterocycles. The van der Waals surface area contributed by atoms with E-state index in [-0.39, 0.29) is 11.9 Å². The summed E-state index contributed by atoms with van der Waals surface area (Å²) in [5, 5.41) is 3.30. The molecule has 5 nitrogen and oxygen atoms in total. The minimum absolute atomic E-state index is 0.102. The van der Waals surface area contributed by atoms with Crippen LogP contribution in [0.3, 0.4) is 0 Å². The molecule has 1 aliphatic rings. The van der Waals surface area contributed by atoms with Gasteiger partial charge in [0.1, 0.15) is 5.75 Å². The highest BCUT2D eigenvalue weighted by Gasteiger charge is 2.25. The molecule has 116 valence electrons. The molecule has 2 aromatic rings. The molecule has 1 fully saturated rings. The maximum Gasteiger partial charge on any atom is 0.290 e. The Morgan fingerprint density at radius 1 is 1.18 bits per heavy atom. The fourth-order valence-electron chi connectivity index (χ4n) is 2.63. The average Bonchev–Trinajstić information content (AvgIpc) is 3.04. The summed E-state index contributed by atoms with van der Waals surface area (Å²) in [7, 11) is 1.83. The van der Waals surface area contributed by atoms with E-state index in [1.807, 2.05) is 37.4 Å². The van der Waals surface area contributed by atoms with Gasteiger partial charge in [-0.25, -0.2) is 0 Å². The number of nitrogens with zero attached hydrogens (tertiary/aromatic N) is 1. The quantitative estimate of drug-likeness (QED) is 0.943. The first-order valence-electron chi connectivity index (χ1n) is 7.54. The van der Waals surface area contributed by atoms with E-state index in [0.29, 0.717) is 17.5 Å². The molecule has 5 heteroatoms. The SMILES string of the molecule is CN(C(=O)c1ccc(Oc2ccccc2)o1)C1CCNCC1. The minimum Gasteiger partial charge on any atom is -0.426 e. The first kappa shape index (κ1) is 14.7. The summed E-state index contributed by atoms with van der Waals surface area (Å²) in [6, 6.07) is 13.0. The Morgan fingerprint density at radius 2 is 1.91 bits per heavy atom. The number of carbonyl (C=O) groups is 1. The van der Waals surface area contributed by atoms with Crippen LogP contribution in [-0.2, 0) is 0 Å². The molecule has 3 rings (SSSR count). The fourth-order valence-corrected chi connectivity index (χ4v) is 2.63. The second kappa shape index (κ2) is 6.66. The van der Waals surface area contributed by atoms with Gasteiger partial charge in [-0.15, -0.1) is 0 Å². The number of furan rings is 1. The second-order valence-electron chi connectivity index (χ2n) is 5.43. The number of benzene rings is 1. The Balaban J connectivity index is 1.66. The lowest BCUT2D eigenvalue weighted by atomic mass is 10.1. The molecule has 22 heavy (non-hydrogen) atoms. The van der Waals surface area contributed by atoms with Gasteiger partial charge in [0.2, 0.25) is 0 Å². The zero-order valence-corrected chi connectivity index (χ0v) is 12.6. The van der Waals surface area contributed by atoms with Crippen molar-refractivity contribution in [3.05, 3.63) is 48.2 Å². The van der Waals surface area contributed by atoms with Crippen molar-refractivity contribution < 1.29 is 13.9 Å². The lowest BCUT2D eigenvalue weighted by molar-refractivity contribution is 0.0666. The van der Waals surface area contributed by atoms with Gasteiger partial charge < -0.3 is 19.4 Å². The fraction of sp³-hybridized carbons (Fsp3) is 0.353. The Labute approximate surface area is 129 Å². The highest BCUT2D eigenvalue weighted by atomic mass is 16.6. The standard InChI is InChI=1S/C17H20N2O3/c1-19(13-9-11-18-12-10-13)17(20)15-7-8-16(22-15)21-14-5-3-2-4-6-14/h2-8,13,18H,9-12H2,1H3. The number of hydrogen-bond donors (Lipinski definition) is 1. The number of nitrogens with one attached hydrogen (secondary N) is 1. The zero-order valence-electron chi connectivity index (χ0n) is 12.6. The number of carbonyl (C=O) groups excluding carboxylic acids is 1. The summed E-state index contributed by atoms with van der Waals surface area (Å²) in [6.45, 7) is 1.89. The minimum atomic E-state index is -0.102. The number of para-hydroxylation sites is 1. The molecule has 0 spiro atoms. The molecular formula is C17H20N2O3. The third-order valence-corrected chi connectivity index (χ3v) is 3.93. The van der Waals surface area contributed by atoms with Crippen LogP contribution in [0, 0.1) is 0 Å². The van der Waals surface area contributed by atoms with Gasteiger partial charge in [0.15, 0.2) is 5.76 Å². The Kier molecular flexibility index (Phi) is 4.44. The Hall–Kier alpha value is -2.27. The molecule has 1 N–H and O–H groups in total. The average molecular weight is 300 g/mol. The van der Waals surface area contributed by atoms with Crippen molar-refractivity contribution in [1.82, 2.24) is 10.2 Å². The third-order valence-electron chi connectivity index (χ3n) is 3.93. The molecule has 1 amide bonds. The lowest BCUT2D eigenvalue weighted by Crippen LogP contribution is -2.43. The van der Waals surface area contributed by atoms with Crippen LogP contribution in [0.5, 0.6) is 11.7 Å². The van der Waals surface area contributed by atoms with Crippen molar-refractivity contribution in [2.75, 3.05) is 20.1 Å². The lowest BCUT2D eigenvalue weighted by Gasteiger charge is -2.31. The summed E-state index contributed by atoms with van der Waals surface area (Å²) in [4.78, 5) is 14.2. The van der Waals surface area contributed by atoms with Crippen LogP contribution in [0.15, 0.2) is 46.9 Å². The summed E-state index contributed by atoms with van der Waals surface area (Å²) in [6.07, 6.45) is 1.94. The van der Waals surface area contributed by atoms with Gasteiger partial charge >= 0.3 is 0 Å². The smallest absolute Gasteiger partial charge is 0.290 e. The number of rotatable bonds is 4. The Bertz CT molecular complexity index is 618. The van der Waals surface area contributed by atoms with Crippen molar-refractivity contribution in [3.63, 3.8) is 0 Å². The van der Waals surface area contributed by atoms with Gasteiger partial charge in [-0.2, -0.15) is 0 Å². The predicted octanol–water partition coefficient (Wildman–Crippen LogP) is 2.90. The van der Waals surface area contributed by atoms with Gasteiger partial charge in [0.25, 0.3) is 11.9 Å². The van der Waals surface area contributed by atoms with Crippen LogP contribution < -0.4 is 10.1 Å². The van der Waals surface area contributed by atoms with Crippen LogP contribution in [0.4, 0.5) is 0 Å². The number of piperidine rings is 1. The van der Waals surface area contributed by atoms with Crippen LogP contribution in [0.25, 0.3) is 0 Å². The van der Waals surface area contributed by atoms with Gasteiger partial charge in [-0.3, -0.25) is 4.79 Å². The molecule has 0 unspecified atom stereocenters. The second-order valence-corrected chi connectivity index (χ2v) is 5.43. The van der Waals surface area contributed by atoms with E-state index < -0.39 is 0 Å². The molecule has 1 aliphatic heterocycles. The van der Waals surface area contributed by atoms with Gasteiger partial charge in [0, 0.05) is 19.2 Å². The molecule has 0 saturated carbocycles. The zero-order chi connectivity index (χ0) is 15.4. The van der Waals surface area contributed by atoms with Crippen LogP contribution in [0.1, 0.15) is 23.4 Å². The van der Waals surface area contributed by atoms with Crippen molar-refractivity contribution >= 4 is 5.91 Å². The summed E-state index contributed by atoms with van der Waals surface area (Å²) < 4.78 is 11.1. The van der Waals surface area contributed by atoms with E-state index in [0.717, 1.165) is 25.9 Å². The monoisotopic (exact) mass is 300 g/mol. The first-order chi connectivity index (χ1) is 10.7. The van der Waals surface area contributed by atoms with E-state index in [4.69, 9.17) is 9.15 Å². The van der Waals surface area contributed by atoms with Crippen LogP contribution in [0.2, 0.25) is 0 Å². The largest absolute Gasteiger partial charge is 0.426 e. The number of ether oxygens (including phenoxy) is 1.